The normalized spacial score (nSPS) is 18.2. The summed E-state index contributed by atoms with van der Waals surface area (Å²) in [6, 6.07) is 11.0. The summed E-state index contributed by atoms with van der Waals surface area (Å²) in [5.41, 5.74) is 0.518. The Morgan fingerprint density at radius 1 is 1.33 bits per heavy atom. The standard InChI is InChI=1S/C18H19BrN2O3/c1-12(14-8-9-23-11-14)21-18(22)13-2-7-17(20-10-13)24-16-5-3-15(19)4-6-16/h2-7,10,12,14H,8-9,11H2,1H3,(H,21,22)/t12-,14+/m1/s1. The second kappa shape index (κ2) is 7.77. The molecule has 2 aromatic rings. The molecule has 5 nitrogen and oxygen atoms in total. The summed E-state index contributed by atoms with van der Waals surface area (Å²) < 4.78 is 12.0. The van der Waals surface area contributed by atoms with Crippen molar-refractivity contribution in [2.75, 3.05) is 13.2 Å². The highest BCUT2D eigenvalue weighted by molar-refractivity contribution is 9.10. The fraction of sp³-hybridized carbons (Fsp3) is 0.333. The summed E-state index contributed by atoms with van der Waals surface area (Å²) in [7, 11) is 0. The lowest BCUT2D eigenvalue weighted by Crippen LogP contribution is -2.38. The van der Waals surface area contributed by atoms with E-state index in [9.17, 15) is 4.79 Å². The summed E-state index contributed by atoms with van der Waals surface area (Å²) in [6.07, 6.45) is 2.51. The number of rotatable bonds is 5. The van der Waals surface area contributed by atoms with E-state index in [-0.39, 0.29) is 11.9 Å². The zero-order valence-electron chi connectivity index (χ0n) is 13.4. The molecule has 0 spiro atoms. The molecule has 2 atom stereocenters. The zero-order valence-corrected chi connectivity index (χ0v) is 15.0. The smallest absolute Gasteiger partial charge is 0.253 e. The summed E-state index contributed by atoms with van der Waals surface area (Å²) >= 11 is 3.38. The minimum Gasteiger partial charge on any atom is -0.439 e. The Morgan fingerprint density at radius 3 is 2.75 bits per heavy atom. The van der Waals surface area contributed by atoms with E-state index in [1.54, 1.807) is 12.1 Å². The highest BCUT2D eigenvalue weighted by atomic mass is 79.9. The Kier molecular flexibility index (Phi) is 5.48. The van der Waals surface area contributed by atoms with E-state index in [0.717, 1.165) is 17.5 Å². The molecule has 1 fully saturated rings. The maximum atomic E-state index is 12.3. The van der Waals surface area contributed by atoms with E-state index in [0.29, 0.717) is 29.7 Å². The van der Waals surface area contributed by atoms with E-state index in [1.165, 1.54) is 6.20 Å². The van der Waals surface area contributed by atoms with Crippen molar-refractivity contribution >= 4 is 21.8 Å². The number of hydrogen-bond acceptors (Lipinski definition) is 4. The van der Waals surface area contributed by atoms with Crippen LogP contribution in [-0.2, 0) is 4.74 Å². The number of aromatic nitrogens is 1. The maximum absolute atomic E-state index is 12.3. The molecule has 126 valence electrons. The zero-order chi connectivity index (χ0) is 16.9. The Labute approximate surface area is 149 Å². The summed E-state index contributed by atoms with van der Waals surface area (Å²) in [5.74, 6) is 1.39. The van der Waals surface area contributed by atoms with E-state index in [2.05, 4.69) is 26.2 Å². The minimum atomic E-state index is -0.128. The van der Waals surface area contributed by atoms with Crippen LogP contribution in [0.4, 0.5) is 0 Å². The molecule has 0 unspecified atom stereocenters. The fourth-order valence-corrected chi connectivity index (χ4v) is 2.82. The number of amides is 1. The van der Waals surface area contributed by atoms with Gasteiger partial charge in [-0.1, -0.05) is 15.9 Å². The van der Waals surface area contributed by atoms with Gasteiger partial charge in [-0.3, -0.25) is 4.79 Å². The quantitative estimate of drug-likeness (QED) is 0.843. The molecule has 0 radical (unpaired) electrons. The molecule has 1 amide bonds. The van der Waals surface area contributed by atoms with Crippen molar-refractivity contribution in [3.63, 3.8) is 0 Å². The van der Waals surface area contributed by atoms with Crippen LogP contribution in [0.2, 0.25) is 0 Å². The molecule has 1 N–H and O–H groups in total. The van der Waals surface area contributed by atoms with Gasteiger partial charge >= 0.3 is 0 Å². The van der Waals surface area contributed by atoms with Crippen molar-refractivity contribution in [2.45, 2.75) is 19.4 Å². The largest absolute Gasteiger partial charge is 0.439 e. The van der Waals surface area contributed by atoms with Gasteiger partial charge in [-0.25, -0.2) is 4.98 Å². The van der Waals surface area contributed by atoms with Crippen LogP contribution in [0.5, 0.6) is 11.6 Å². The predicted molar refractivity (Wildman–Crippen MR) is 94.3 cm³/mol. The Hall–Kier alpha value is -1.92. The lowest BCUT2D eigenvalue weighted by molar-refractivity contribution is 0.0922. The average molecular weight is 391 g/mol. The molecule has 6 heteroatoms. The van der Waals surface area contributed by atoms with E-state index in [4.69, 9.17) is 9.47 Å². The number of benzene rings is 1. The van der Waals surface area contributed by atoms with Gasteiger partial charge < -0.3 is 14.8 Å². The molecular weight excluding hydrogens is 372 g/mol. The molecule has 0 aliphatic carbocycles. The molecule has 24 heavy (non-hydrogen) atoms. The van der Waals surface area contributed by atoms with Crippen LogP contribution < -0.4 is 10.1 Å². The van der Waals surface area contributed by atoms with Crippen LogP contribution in [0.3, 0.4) is 0 Å². The molecule has 2 heterocycles. The third kappa shape index (κ3) is 4.33. The second-order valence-corrected chi connectivity index (χ2v) is 6.74. The summed E-state index contributed by atoms with van der Waals surface area (Å²) in [4.78, 5) is 16.5. The first-order valence-corrected chi connectivity index (χ1v) is 8.69. The van der Waals surface area contributed by atoms with E-state index < -0.39 is 0 Å². The molecule has 1 saturated heterocycles. The fourth-order valence-electron chi connectivity index (χ4n) is 2.55. The van der Waals surface area contributed by atoms with Crippen molar-refractivity contribution in [3.8, 4) is 11.6 Å². The van der Waals surface area contributed by atoms with Gasteiger partial charge in [-0.15, -0.1) is 0 Å². The first-order chi connectivity index (χ1) is 11.6. The van der Waals surface area contributed by atoms with Crippen LogP contribution in [-0.4, -0.2) is 30.1 Å². The monoisotopic (exact) mass is 390 g/mol. The molecule has 1 aliphatic rings. The van der Waals surface area contributed by atoms with Crippen LogP contribution in [0.25, 0.3) is 0 Å². The molecule has 1 aromatic carbocycles. The number of pyridine rings is 1. The van der Waals surface area contributed by atoms with Gasteiger partial charge in [0.05, 0.1) is 12.2 Å². The van der Waals surface area contributed by atoms with Crippen LogP contribution >= 0.6 is 15.9 Å². The van der Waals surface area contributed by atoms with Crippen molar-refractivity contribution < 1.29 is 14.3 Å². The number of halogens is 1. The molecule has 0 bridgehead atoms. The van der Waals surface area contributed by atoms with Crippen LogP contribution in [0.15, 0.2) is 47.1 Å². The van der Waals surface area contributed by atoms with Gasteiger partial charge in [0.2, 0.25) is 5.88 Å². The number of carbonyl (C=O) groups excluding carboxylic acids is 1. The first-order valence-electron chi connectivity index (χ1n) is 7.90. The van der Waals surface area contributed by atoms with Gasteiger partial charge in [0, 0.05) is 35.3 Å². The first kappa shape index (κ1) is 16.9. The highest BCUT2D eigenvalue weighted by Crippen LogP contribution is 2.22. The third-order valence-corrected chi connectivity index (χ3v) is 4.59. The number of carbonyl (C=O) groups is 1. The lowest BCUT2D eigenvalue weighted by atomic mass is 10.0. The lowest BCUT2D eigenvalue weighted by Gasteiger charge is -2.19. The number of ether oxygens (including phenoxy) is 2. The number of nitrogens with zero attached hydrogens (tertiary/aromatic N) is 1. The van der Waals surface area contributed by atoms with Gasteiger partial charge in [0.25, 0.3) is 5.91 Å². The van der Waals surface area contributed by atoms with Gasteiger partial charge in [-0.05, 0) is 43.7 Å². The van der Waals surface area contributed by atoms with Crippen molar-refractivity contribution in [2.24, 2.45) is 5.92 Å². The number of hydrogen-bond donors (Lipinski definition) is 1. The van der Waals surface area contributed by atoms with E-state index in [1.807, 2.05) is 31.2 Å². The van der Waals surface area contributed by atoms with Crippen LogP contribution in [0, 0.1) is 5.92 Å². The Balaban J connectivity index is 1.59. The molecule has 1 aliphatic heterocycles. The minimum absolute atomic E-state index is 0.0821. The predicted octanol–water partition coefficient (Wildman–Crippen LogP) is 3.79. The van der Waals surface area contributed by atoms with E-state index >= 15 is 0 Å². The van der Waals surface area contributed by atoms with Crippen molar-refractivity contribution in [1.29, 1.82) is 0 Å². The number of nitrogens with one attached hydrogen (secondary N) is 1. The SMILES string of the molecule is C[C@@H](NC(=O)c1ccc(Oc2ccc(Br)cc2)nc1)[C@H]1CCOC1. The average Bonchev–Trinajstić information content (AvgIpc) is 3.12. The summed E-state index contributed by atoms with van der Waals surface area (Å²) in [6.45, 7) is 3.49. The molecule has 0 saturated carbocycles. The molecule has 1 aromatic heterocycles. The van der Waals surface area contributed by atoms with Gasteiger partial charge in [-0.2, -0.15) is 0 Å². The van der Waals surface area contributed by atoms with Crippen LogP contribution in [0.1, 0.15) is 23.7 Å². The second-order valence-electron chi connectivity index (χ2n) is 5.83. The van der Waals surface area contributed by atoms with Crippen molar-refractivity contribution in [1.82, 2.24) is 10.3 Å². The Bertz CT molecular complexity index is 682. The van der Waals surface area contributed by atoms with Gasteiger partial charge in [0.15, 0.2) is 0 Å². The van der Waals surface area contributed by atoms with Crippen molar-refractivity contribution in [3.05, 3.63) is 52.6 Å². The van der Waals surface area contributed by atoms with Gasteiger partial charge in [0.1, 0.15) is 5.75 Å². The molecular formula is C18H19BrN2O3. The highest BCUT2D eigenvalue weighted by Gasteiger charge is 2.23. The molecule has 3 rings (SSSR count). The third-order valence-electron chi connectivity index (χ3n) is 4.07. The topological polar surface area (TPSA) is 60.5 Å². The Morgan fingerprint density at radius 2 is 2.12 bits per heavy atom. The summed E-state index contributed by atoms with van der Waals surface area (Å²) in [5, 5.41) is 3.01. The maximum Gasteiger partial charge on any atom is 0.253 e.